The molecule has 6 N–H and O–H groups in total. The van der Waals surface area contributed by atoms with E-state index in [1.54, 1.807) is 42.5 Å². The molecule has 14 heteroatoms. The predicted molar refractivity (Wildman–Crippen MR) is 145 cm³/mol. The minimum absolute atomic E-state index is 0.0500. The molecule has 1 atom stereocenters. The number of H-pyrrole nitrogens is 1. The number of benzene rings is 2. The van der Waals surface area contributed by atoms with Crippen LogP contribution in [-0.2, 0) is 9.53 Å². The summed E-state index contributed by atoms with van der Waals surface area (Å²) in [6.45, 7) is 3.35. The van der Waals surface area contributed by atoms with Crippen molar-refractivity contribution in [3.8, 4) is 11.7 Å². The standard InChI is InChI=1S/C24H25FN8O3.C2H4O2/c1-14-12-17(19(25)18(13-14)36-11-10-35-2)20(30-16-6-4-15(5-7-16)21(26)27)22-31-24(34)33(32-22)23-28-8-3-9-29-23;1-2(3)4/h3-9,12-13,20,30H,10-11H2,1-2H3,(H3,26,27)(H,31,32,34);1H3,(H,3,4). The number of ether oxygens (including phenoxy) is 2. The third-order valence-corrected chi connectivity index (χ3v) is 5.22. The van der Waals surface area contributed by atoms with Crippen LogP contribution in [0.4, 0.5) is 10.1 Å². The summed E-state index contributed by atoms with van der Waals surface area (Å²) in [6, 6.07) is 10.6. The van der Waals surface area contributed by atoms with Crippen molar-refractivity contribution in [3.63, 3.8) is 0 Å². The number of hydrogen-bond acceptors (Lipinski definition) is 9. The van der Waals surface area contributed by atoms with Crippen LogP contribution in [-0.4, -0.2) is 62.0 Å². The van der Waals surface area contributed by atoms with Crippen molar-refractivity contribution in [2.24, 2.45) is 5.73 Å². The molecular weight excluding hydrogens is 523 g/mol. The van der Waals surface area contributed by atoms with Gasteiger partial charge >= 0.3 is 5.69 Å². The maximum atomic E-state index is 15.7. The number of carbonyl (C=O) groups is 1. The fourth-order valence-electron chi connectivity index (χ4n) is 3.53. The summed E-state index contributed by atoms with van der Waals surface area (Å²) in [5.74, 6) is -1.26. The Kier molecular flexibility index (Phi) is 10.0. The van der Waals surface area contributed by atoms with Crippen LogP contribution in [0.25, 0.3) is 5.95 Å². The molecule has 0 saturated carbocycles. The lowest BCUT2D eigenvalue weighted by Gasteiger charge is -2.21. The average Bonchev–Trinajstić information content (AvgIpc) is 3.31. The van der Waals surface area contributed by atoms with Crippen molar-refractivity contribution in [1.29, 1.82) is 5.41 Å². The summed E-state index contributed by atoms with van der Waals surface area (Å²) in [6.07, 6.45) is 2.97. The first-order valence-corrected chi connectivity index (χ1v) is 11.9. The number of nitrogens with zero attached hydrogens (tertiary/aromatic N) is 4. The zero-order valence-electron chi connectivity index (χ0n) is 22.0. The number of halogens is 1. The molecule has 1 unspecified atom stereocenters. The molecule has 0 spiro atoms. The van der Waals surface area contributed by atoms with Crippen LogP contribution in [0.2, 0.25) is 0 Å². The highest BCUT2D eigenvalue weighted by molar-refractivity contribution is 5.95. The van der Waals surface area contributed by atoms with Gasteiger partial charge in [-0.1, -0.05) is 6.07 Å². The number of aliphatic carboxylic acids is 1. The van der Waals surface area contributed by atoms with E-state index in [1.807, 2.05) is 6.92 Å². The van der Waals surface area contributed by atoms with Crippen LogP contribution in [0.1, 0.15) is 35.5 Å². The molecule has 0 radical (unpaired) electrons. The van der Waals surface area contributed by atoms with E-state index in [-0.39, 0.29) is 35.5 Å². The zero-order valence-corrected chi connectivity index (χ0v) is 22.0. The van der Waals surface area contributed by atoms with E-state index in [1.165, 1.54) is 19.5 Å². The van der Waals surface area contributed by atoms with E-state index in [0.29, 0.717) is 17.9 Å². The highest BCUT2D eigenvalue weighted by Gasteiger charge is 2.26. The van der Waals surface area contributed by atoms with Crippen LogP contribution < -0.4 is 21.5 Å². The van der Waals surface area contributed by atoms with Crippen LogP contribution in [0, 0.1) is 18.2 Å². The Morgan fingerprint density at radius 3 is 2.48 bits per heavy atom. The van der Waals surface area contributed by atoms with Crippen molar-refractivity contribution in [3.05, 3.63) is 93.7 Å². The maximum absolute atomic E-state index is 15.7. The molecule has 0 aliphatic rings. The second kappa shape index (κ2) is 13.6. The van der Waals surface area contributed by atoms with E-state index in [2.05, 4.69) is 25.4 Å². The Morgan fingerprint density at radius 2 is 1.88 bits per heavy atom. The van der Waals surface area contributed by atoms with Crippen molar-refractivity contribution in [2.45, 2.75) is 19.9 Å². The van der Waals surface area contributed by atoms with Gasteiger partial charge in [0.15, 0.2) is 17.4 Å². The average molecular weight is 553 g/mol. The number of anilines is 1. The largest absolute Gasteiger partial charge is 0.488 e. The van der Waals surface area contributed by atoms with Crippen LogP contribution >= 0.6 is 0 Å². The van der Waals surface area contributed by atoms with Gasteiger partial charge in [0.1, 0.15) is 18.5 Å². The van der Waals surface area contributed by atoms with Crippen LogP contribution in [0.3, 0.4) is 0 Å². The Hall–Kier alpha value is -5.11. The zero-order chi connectivity index (χ0) is 29.2. The van der Waals surface area contributed by atoms with Gasteiger partial charge in [0.05, 0.1) is 6.61 Å². The minimum Gasteiger partial charge on any atom is -0.488 e. The fraction of sp³-hybridized carbons (Fsp3) is 0.231. The number of aryl methyl sites for hydroxylation is 1. The number of carboxylic acids is 1. The van der Waals surface area contributed by atoms with E-state index in [9.17, 15) is 4.79 Å². The Morgan fingerprint density at radius 1 is 1.23 bits per heavy atom. The summed E-state index contributed by atoms with van der Waals surface area (Å²) in [7, 11) is 1.53. The number of aromatic amines is 1. The number of carboxylic acid groups (broad SMARTS) is 1. The molecule has 2 aromatic carbocycles. The Bertz CT molecular complexity index is 1500. The van der Waals surface area contributed by atoms with E-state index in [0.717, 1.165) is 17.2 Å². The number of nitrogens with one attached hydrogen (secondary N) is 3. The molecule has 0 amide bonds. The van der Waals surface area contributed by atoms with Gasteiger partial charge in [-0.25, -0.2) is 19.2 Å². The molecule has 40 heavy (non-hydrogen) atoms. The topological polar surface area (TPSA) is 194 Å². The first-order chi connectivity index (χ1) is 19.1. The van der Waals surface area contributed by atoms with E-state index < -0.39 is 23.5 Å². The molecule has 4 rings (SSSR count). The molecule has 4 aromatic rings. The second-order valence-corrected chi connectivity index (χ2v) is 8.37. The lowest BCUT2D eigenvalue weighted by Crippen LogP contribution is -2.18. The highest BCUT2D eigenvalue weighted by Crippen LogP contribution is 2.32. The molecule has 0 bridgehead atoms. The minimum atomic E-state index is -0.921. The van der Waals surface area contributed by atoms with Crippen molar-refractivity contribution in [2.75, 3.05) is 25.6 Å². The maximum Gasteiger partial charge on any atom is 0.350 e. The van der Waals surface area contributed by atoms with Gasteiger partial charge in [-0.15, -0.1) is 9.78 Å². The first kappa shape index (κ1) is 29.4. The van der Waals surface area contributed by atoms with E-state index >= 15 is 4.39 Å². The molecule has 0 aliphatic carbocycles. The van der Waals surface area contributed by atoms with Crippen molar-refractivity contribution >= 4 is 17.5 Å². The Balaban J connectivity index is 0.00000103. The smallest absolute Gasteiger partial charge is 0.350 e. The first-order valence-electron chi connectivity index (χ1n) is 11.9. The monoisotopic (exact) mass is 552 g/mol. The molecule has 0 fully saturated rings. The summed E-state index contributed by atoms with van der Waals surface area (Å²) in [5.41, 5.74) is 7.03. The SMILES string of the molecule is CC(=O)O.COCCOc1cc(C)cc(C(Nc2ccc(C(=N)N)cc2)c2nn(-c3ncccn3)c(=O)[nH]2)c1F. The number of nitrogen functional groups attached to an aromatic ring is 1. The summed E-state index contributed by atoms with van der Waals surface area (Å²) in [4.78, 5) is 32.5. The van der Waals surface area contributed by atoms with Gasteiger partial charge in [0.2, 0.25) is 0 Å². The molecular formula is C26H29FN8O5. The number of aromatic nitrogens is 5. The molecule has 2 heterocycles. The summed E-state index contributed by atoms with van der Waals surface area (Å²) >= 11 is 0. The lowest BCUT2D eigenvalue weighted by molar-refractivity contribution is -0.134. The summed E-state index contributed by atoms with van der Waals surface area (Å²) in [5, 5.41) is 22.6. The lowest BCUT2D eigenvalue weighted by atomic mass is 10.0. The van der Waals surface area contributed by atoms with Crippen LogP contribution in [0.5, 0.6) is 5.75 Å². The molecule has 2 aromatic heterocycles. The van der Waals surface area contributed by atoms with Gasteiger partial charge in [-0.2, -0.15) is 0 Å². The predicted octanol–water partition coefficient (Wildman–Crippen LogP) is 2.40. The van der Waals surface area contributed by atoms with Gasteiger partial charge in [0, 0.05) is 43.2 Å². The quantitative estimate of drug-likeness (QED) is 0.111. The van der Waals surface area contributed by atoms with Gasteiger partial charge in [-0.05, 0) is 48.9 Å². The van der Waals surface area contributed by atoms with Crippen LogP contribution in [0.15, 0.2) is 59.7 Å². The molecule has 13 nitrogen and oxygen atoms in total. The third-order valence-electron chi connectivity index (χ3n) is 5.22. The van der Waals surface area contributed by atoms with Gasteiger partial charge in [0.25, 0.3) is 11.9 Å². The van der Waals surface area contributed by atoms with E-state index in [4.69, 9.17) is 30.5 Å². The molecule has 0 saturated heterocycles. The molecule has 210 valence electrons. The molecule has 0 aliphatic heterocycles. The second-order valence-electron chi connectivity index (χ2n) is 8.37. The number of rotatable bonds is 10. The number of methoxy groups -OCH3 is 1. The van der Waals surface area contributed by atoms with Crippen molar-refractivity contribution < 1.29 is 23.8 Å². The normalized spacial score (nSPS) is 11.2. The summed E-state index contributed by atoms with van der Waals surface area (Å²) < 4.78 is 27.3. The highest BCUT2D eigenvalue weighted by atomic mass is 19.1. The van der Waals surface area contributed by atoms with Gasteiger partial charge < -0.3 is 25.6 Å². The number of amidine groups is 1. The van der Waals surface area contributed by atoms with Gasteiger partial charge in [-0.3, -0.25) is 15.2 Å². The fourth-order valence-corrected chi connectivity index (χ4v) is 3.53. The Labute approximate surface area is 228 Å². The van der Waals surface area contributed by atoms with Crippen molar-refractivity contribution in [1.82, 2.24) is 24.7 Å². The third kappa shape index (κ3) is 7.70. The number of nitrogens with two attached hydrogens (primary N) is 1. The number of hydrogen-bond donors (Lipinski definition) is 5.